The lowest BCUT2D eigenvalue weighted by Crippen LogP contribution is -2.34. The smallest absolute Gasteiger partial charge is 0.461 e. The fraction of sp³-hybridized carbons (Fsp3) is 0.231. The Bertz CT molecular complexity index is 831. The number of phenols is 1. The normalized spacial score (nSPS) is 11.2. The molecule has 0 aliphatic carbocycles. The van der Waals surface area contributed by atoms with Gasteiger partial charge in [0.15, 0.2) is 0 Å². The number of phenolic OH excluding ortho intramolecular Hbond substituents is 1. The summed E-state index contributed by atoms with van der Waals surface area (Å²) in [6.07, 6.45) is -5.59. The van der Waals surface area contributed by atoms with Crippen LogP contribution in [0.15, 0.2) is 18.2 Å². The summed E-state index contributed by atoms with van der Waals surface area (Å²) in [5.74, 6) is -8.23. The average Bonchev–Trinajstić information content (AvgIpc) is 2.98. The van der Waals surface area contributed by atoms with Gasteiger partial charge in [0.2, 0.25) is 11.0 Å². The number of aromatic nitrogens is 2. The molecule has 1 heterocycles. The Hall–Kier alpha value is -2.92. The van der Waals surface area contributed by atoms with E-state index in [9.17, 15) is 31.9 Å². The molecule has 2 rings (SSSR count). The van der Waals surface area contributed by atoms with E-state index in [4.69, 9.17) is 9.59 Å². The number of halogens is 5. The molecule has 7 nitrogen and oxygen atoms in total. The lowest BCUT2D eigenvalue weighted by atomic mass is 10.1. The highest BCUT2D eigenvalue weighted by Crippen LogP contribution is 2.43. The molecule has 0 spiro atoms. The molecule has 13 heteroatoms. The van der Waals surface area contributed by atoms with Gasteiger partial charge in [-0.05, 0) is 18.6 Å². The Labute approximate surface area is 145 Å². The Morgan fingerprint density at radius 2 is 1.81 bits per heavy atom. The number of nitrogens with one attached hydrogen (secondary N) is 1. The predicted octanol–water partition coefficient (Wildman–Crippen LogP) is 2.88. The van der Waals surface area contributed by atoms with Gasteiger partial charge in [-0.3, -0.25) is 10.1 Å². The van der Waals surface area contributed by atoms with E-state index >= 15 is 0 Å². The van der Waals surface area contributed by atoms with E-state index in [1.165, 1.54) is 25.1 Å². The van der Waals surface area contributed by atoms with Gasteiger partial charge >= 0.3 is 18.3 Å². The number of anilines is 1. The number of aromatic hydroxyl groups is 1. The summed E-state index contributed by atoms with van der Waals surface area (Å²) in [5.41, 5.74) is 0.212. The minimum Gasteiger partial charge on any atom is -0.507 e. The maximum Gasteiger partial charge on any atom is 0.461 e. The van der Waals surface area contributed by atoms with Crippen LogP contribution in [0, 0.1) is 6.92 Å². The lowest BCUT2D eigenvalue weighted by Gasteiger charge is -2.15. The van der Waals surface area contributed by atoms with Crippen molar-refractivity contribution in [2.75, 3.05) is 5.32 Å². The highest BCUT2D eigenvalue weighted by atomic mass is 32.1. The number of aryl methyl sites for hydroxylation is 1. The third kappa shape index (κ3) is 4.58. The standard InChI is InChI=1S/C12H8F5N3O2S.CO2/c1-5-3-2-4-6(7(5)21)8(22)18-10-19-9(20-23-10)11(13,14)12(15,16)17;2-1-3/h2-4,21H,1H3,(H,18,19,20,22);. The molecule has 0 radical (unpaired) electrons. The van der Waals surface area contributed by atoms with Gasteiger partial charge in [-0.25, -0.2) is 0 Å². The number of nitrogens with zero attached hydrogens (tertiary/aromatic N) is 2. The third-order valence-corrected chi connectivity index (χ3v) is 3.40. The molecule has 2 aromatic rings. The van der Waals surface area contributed by atoms with Gasteiger partial charge in [-0.2, -0.15) is 40.9 Å². The fourth-order valence-electron chi connectivity index (χ4n) is 1.54. The molecule has 26 heavy (non-hydrogen) atoms. The van der Waals surface area contributed by atoms with Crippen LogP contribution < -0.4 is 5.32 Å². The highest BCUT2D eigenvalue weighted by Gasteiger charge is 2.61. The van der Waals surface area contributed by atoms with Gasteiger partial charge in [0.25, 0.3) is 5.91 Å². The zero-order valence-corrected chi connectivity index (χ0v) is 13.4. The number of hydrogen-bond donors (Lipinski definition) is 2. The Morgan fingerprint density at radius 3 is 2.35 bits per heavy atom. The van der Waals surface area contributed by atoms with E-state index in [-0.39, 0.29) is 29.0 Å². The van der Waals surface area contributed by atoms with E-state index in [1.54, 1.807) is 0 Å². The van der Waals surface area contributed by atoms with E-state index in [0.29, 0.717) is 5.56 Å². The Kier molecular flexibility index (Phi) is 6.48. The molecule has 0 saturated heterocycles. The SMILES string of the molecule is Cc1cccc(C(=O)Nc2nc(C(F)(F)C(F)(F)F)ns2)c1O.O=C=O. The average molecular weight is 397 g/mol. The maximum atomic E-state index is 13.1. The van der Waals surface area contributed by atoms with Gasteiger partial charge in [-0.1, -0.05) is 12.1 Å². The van der Waals surface area contributed by atoms with Crippen LogP contribution in [0.4, 0.5) is 27.1 Å². The quantitative estimate of drug-likeness (QED) is 0.771. The second-order valence-corrected chi connectivity index (χ2v) is 5.26. The number of benzene rings is 1. The van der Waals surface area contributed by atoms with Gasteiger partial charge in [-0.15, -0.1) is 0 Å². The van der Waals surface area contributed by atoms with E-state index < -0.39 is 29.0 Å². The first-order valence-electron chi connectivity index (χ1n) is 6.33. The van der Waals surface area contributed by atoms with Gasteiger partial charge in [0, 0.05) is 11.5 Å². The number of amides is 1. The number of hydrogen-bond acceptors (Lipinski definition) is 7. The summed E-state index contributed by atoms with van der Waals surface area (Å²) >= 11 is 0.171. The Morgan fingerprint density at radius 1 is 1.23 bits per heavy atom. The van der Waals surface area contributed by atoms with Crippen LogP contribution in [0.1, 0.15) is 21.7 Å². The van der Waals surface area contributed by atoms with Gasteiger partial charge in [0.1, 0.15) is 5.75 Å². The van der Waals surface area contributed by atoms with E-state index in [0.717, 1.165) is 0 Å². The molecule has 0 fully saturated rings. The van der Waals surface area contributed by atoms with Crippen molar-refractivity contribution in [3.63, 3.8) is 0 Å². The molecule has 0 atom stereocenters. The first-order valence-corrected chi connectivity index (χ1v) is 7.11. The van der Waals surface area contributed by atoms with Crippen LogP contribution in [0.5, 0.6) is 5.75 Å². The van der Waals surface area contributed by atoms with Crippen molar-refractivity contribution < 1.29 is 41.4 Å². The van der Waals surface area contributed by atoms with Crippen molar-refractivity contribution >= 4 is 28.7 Å². The summed E-state index contributed by atoms with van der Waals surface area (Å²) in [4.78, 5) is 31.1. The molecule has 1 aromatic carbocycles. The summed E-state index contributed by atoms with van der Waals surface area (Å²) in [5, 5.41) is 11.2. The zero-order chi connectivity index (χ0) is 20.1. The number of para-hydroxylation sites is 1. The van der Waals surface area contributed by atoms with Crippen LogP contribution in [-0.2, 0) is 15.5 Å². The molecule has 140 valence electrons. The first-order chi connectivity index (χ1) is 12.0. The predicted molar refractivity (Wildman–Crippen MR) is 75.7 cm³/mol. The summed E-state index contributed by atoms with van der Waals surface area (Å²) < 4.78 is 65.7. The zero-order valence-electron chi connectivity index (χ0n) is 12.6. The fourth-order valence-corrected chi connectivity index (χ4v) is 2.13. The van der Waals surface area contributed by atoms with Crippen LogP contribution in [0.25, 0.3) is 0 Å². The minimum atomic E-state index is -5.84. The molecule has 0 aliphatic heterocycles. The molecule has 0 saturated carbocycles. The van der Waals surface area contributed by atoms with E-state index in [1.807, 2.05) is 5.32 Å². The maximum absolute atomic E-state index is 13.1. The number of carbonyl (C=O) groups excluding carboxylic acids is 3. The second-order valence-electron chi connectivity index (χ2n) is 4.50. The molecule has 2 N–H and O–H groups in total. The van der Waals surface area contributed by atoms with Gasteiger partial charge < -0.3 is 5.11 Å². The number of carbonyl (C=O) groups is 1. The molecule has 0 unspecified atom stereocenters. The van der Waals surface area contributed by atoms with E-state index in [2.05, 4.69) is 9.36 Å². The lowest BCUT2D eigenvalue weighted by molar-refractivity contribution is -0.292. The second kappa shape index (κ2) is 7.97. The third-order valence-electron chi connectivity index (χ3n) is 2.77. The molecular weight excluding hydrogens is 389 g/mol. The van der Waals surface area contributed by atoms with Crippen molar-refractivity contribution in [1.29, 1.82) is 0 Å². The molecule has 0 bridgehead atoms. The molecule has 1 amide bonds. The monoisotopic (exact) mass is 397 g/mol. The van der Waals surface area contributed by atoms with Gasteiger partial charge in [0.05, 0.1) is 5.56 Å². The molecule has 0 aliphatic rings. The highest BCUT2D eigenvalue weighted by molar-refractivity contribution is 7.09. The van der Waals surface area contributed by atoms with Crippen molar-refractivity contribution in [3.8, 4) is 5.75 Å². The van der Waals surface area contributed by atoms with Crippen molar-refractivity contribution in [3.05, 3.63) is 35.2 Å². The minimum absolute atomic E-state index is 0.171. The van der Waals surface area contributed by atoms with Crippen molar-refractivity contribution in [1.82, 2.24) is 9.36 Å². The largest absolute Gasteiger partial charge is 0.507 e. The first kappa shape index (κ1) is 21.1. The molecule has 1 aromatic heterocycles. The van der Waals surface area contributed by atoms with Crippen LogP contribution >= 0.6 is 11.5 Å². The topological polar surface area (TPSA) is 109 Å². The number of alkyl halides is 5. The van der Waals surface area contributed by atoms with Crippen molar-refractivity contribution in [2.24, 2.45) is 0 Å². The Balaban J connectivity index is 0.00000105. The summed E-state index contributed by atoms with van der Waals surface area (Å²) in [6.45, 7) is 1.53. The molecular formula is C13H8F5N3O4S. The number of rotatable bonds is 3. The summed E-state index contributed by atoms with van der Waals surface area (Å²) in [6, 6.07) is 4.25. The van der Waals surface area contributed by atoms with Crippen LogP contribution in [0.2, 0.25) is 0 Å². The van der Waals surface area contributed by atoms with Crippen molar-refractivity contribution in [2.45, 2.75) is 19.0 Å². The van der Waals surface area contributed by atoms with Crippen LogP contribution in [-0.4, -0.2) is 32.7 Å². The summed E-state index contributed by atoms with van der Waals surface area (Å²) in [7, 11) is 0. The van der Waals surface area contributed by atoms with Crippen LogP contribution in [0.3, 0.4) is 0 Å².